The summed E-state index contributed by atoms with van der Waals surface area (Å²) in [6.07, 6.45) is 0. The normalized spacial score (nSPS) is 12.0. The first-order valence-electron chi connectivity index (χ1n) is 9.43. The van der Waals surface area contributed by atoms with Gasteiger partial charge in [0, 0.05) is 12.1 Å². The van der Waals surface area contributed by atoms with Crippen molar-refractivity contribution >= 4 is 36.0 Å². The Morgan fingerprint density at radius 1 is 0.931 bits per heavy atom. The van der Waals surface area contributed by atoms with Crippen LogP contribution in [0.2, 0.25) is 10.1 Å². The first-order chi connectivity index (χ1) is 13.8. The summed E-state index contributed by atoms with van der Waals surface area (Å²) in [5.74, 6) is 0. The molecule has 150 valence electrons. The van der Waals surface area contributed by atoms with Gasteiger partial charge in [0.25, 0.3) is 14.0 Å². The average molecular weight is 426 g/mol. The van der Waals surface area contributed by atoms with Crippen molar-refractivity contribution in [3.05, 3.63) is 99.6 Å². The molecule has 3 aromatic rings. The third kappa shape index (κ3) is 4.27. The van der Waals surface area contributed by atoms with Crippen molar-refractivity contribution in [2.75, 3.05) is 0 Å². The topological polar surface area (TPSA) is 52.4 Å². The zero-order valence-electron chi connectivity index (χ0n) is 16.8. The standard InChI is InChI=1S/C23H24ClNO3Si/c1-23(2,3)29(20-10-6-4-7-11-20,21-12-8-5-9-13-21)28-17-18-14-15-19(25(26)27)16-22(18)24/h4-16H,17H2,1-3H3. The third-order valence-corrected chi connectivity index (χ3v) is 10.4. The smallest absolute Gasteiger partial charge is 0.270 e. The summed E-state index contributed by atoms with van der Waals surface area (Å²) in [4.78, 5) is 10.6. The van der Waals surface area contributed by atoms with E-state index >= 15 is 0 Å². The second-order valence-corrected chi connectivity index (χ2v) is 12.7. The van der Waals surface area contributed by atoms with Crippen LogP contribution in [0.4, 0.5) is 5.69 Å². The van der Waals surface area contributed by atoms with Crippen molar-refractivity contribution in [1.82, 2.24) is 0 Å². The molecular formula is C23H24ClNO3Si. The van der Waals surface area contributed by atoms with Crippen LogP contribution in [-0.2, 0) is 11.0 Å². The maximum atomic E-state index is 11.0. The van der Waals surface area contributed by atoms with E-state index in [-0.39, 0.29) is 17.3 Å². The number of nitro benzene ring substituents is 1. The molecule has 0 radical (unpaired) electrons. The Kier molecular flexibility index (Phi) is 6.22. The molecule has 3 rings (SSSR count). The second kappa shape index (κ2) is 8.49. The van der Waals surface area contributed by atoms with E-state index in [1.807, 2.05) is 36.4 Å². The Balaban J connectivity index is 2.08. The lowest BCUT2D eigenvalue weighted by atomic mass is 10.2. The van der Waals surface area contributed by atoms with Gasteiger partial charge in [0.05, 0.1) is 16.6 Å². The number of benzene rings is 3. The van der Waals surface area contributed by atoms with Crippen LogP contribution >= 0.6 is 11.6 Å². The lowest BCUT2D eigenvalue weighted by molar-refractivity contribution is -0.384. The molecule has 29 heavy (non-hydrogen) atoms. The van der Waals surface area contributed by atoms with Gasteiger partial charge in [0.2, 0.25) is 0 Å². The summed E-state index contributed by atoms with van der Waals surface area (Å²) < 4.78 is 6.82. The molecule has 0 unspecified atom stereocenters. The summed E-state index contributed by atoms with van der Waals surface area (Å²) in [5, 5.41) is 13.6. The van der Waals surface area contributed by atoms with Gasteiger partial charge >= 0.3 is 0 Å². The highest BCUT2D eigenvalue weighted by Crippen LogP contribution is 2.37. The minimum Gasteiger partial charge on any atom is -0.403 e. The van der Waals surface area contributed by atoms with Gasteiger partial charge in [-0.05, 0) is 27.0 Å². The summed E-state index contributed by atoms with van der Waals surface area (Å²) in [7, 11) is -2.68. The predicted molar refractivity (Wildman–Crippen MR) is 121 cm³/mol. The number of hydrogen-bond acceptors (Lipinski definition) is 3. The van der Waals surface area contributed by atoms with E-state index in [4.69, 9.17) is 16.0 Å². The maximum absolute atomic E-state index is 11.0. The molecular weight excluding hydrogens is 402 g/mol. The molecule has 0 saturated carbocycles. The van der Waals surface area contributed by atoms with Gasteiger partial charge in [-0.1, -0.05) is 93.0 Å². The van der Waals surface area contributed by atoms with Crippen LogP contribution in [-0.4, -0.2) is 13.2 Å². The largest absolute Gasteiger partial charge is 0.403 e. The van der Waals surface area contributed by atoms with Crippen LogP contribution in [0.1, 0.15) is 26.3 Å². The fourth-order valence-electron chi connectivity index (χ4n) is 3.71. The quantitative estimate of drug-likeness (QED) is 0.305. The van der Waals surface area contributed by atoms with E-state index in [9.17, 15) is 10.1 Å². The van der Waals surface area contributed by atoms with Gasteiger partial charge in [-0.3, -0.25) is 10.1 Å². The minimum atomic E-state index is -2.68. The maximum Gasteiger partial charge on any atom is 0.270 e. The molecule has 0 heterocycles. The van der Waals surface area contributed by atoms with Crippen molar-refractivity contribution in [3.63, 3.8) is 0 Å². The molecule has 0 atom stereocenters. The molecule has 0 amide bonds. The third-order valence-electron chi connectivity index (χ3n) is 5.11. The molecule has 0 aromatic heterocycles. The van der Waals surface area contributed by atoms with E-state index in [1.165, 1.54) is 22.5 Å². The number of nitro groups is 1. The van der Waals surface area contributed by atoms with Crippen LogP contribution in [0.3, 0.4) is 0 Å². The van der Waals surface area contributed by atoms with Crippen molar-refractivity contribution in [2.45, 2.75) is 32.4 Å². The Morgan fingerprint density at radius 2 is 1.45 bits per heavy atom. The van der Waals surface area contributed by atoms with E-state index in [1.54, 1.807) is 6.07 Å². The number of halogens is 1. The van der Waals surface area contributed by atoms with E-state index in [0.717, 1.165) is 5.56 Å². The van der Waals surface area contributed by atoms with Gasteiger partial charge in [-0.2, -0.15) is 0 Å². The van der Waals surface area contributed by atoms with Gasteiger partial charge < -0.3 is 4.43 Å². The van der Waals surface area contributed by atoms with Gasteiger partial charge in [-0.25, -0.2) is 0 Å². The molecule has 0 fully saturated rings. The number of non-ortho nitro benzene ring substituents is 1. The van der Waals surface area contributed by atoms with Gasteiger partial charge in [-0.15, -0.1) is 0 Å². The van der Waals surface area contributed by atoms with E-state index < -0.39 is 13.2 Å². The summed E-state index contributed by atoms with van der Waals surface area (Å²) in [6.45, 7) is 6.90. The summed E-state index contributed by atoms with van der Waals surface area (Å²) in [6, 6.07) is 25.2. The molecule has 3 aromatic carbocycles. The van der Waals surface area contributed by atoms with Crippen LogP contribution in [0.15, 0.2) is 78.9 Å². The lowest BCUT2D eigenvalue weighted by Gasteiger charge is -2.43. The highest BCUT2D eigenvalue weighted by atomic mass is 35.5. The molecule has 0 saturated heterocycles. The fourth-order valence-corrected chi connectivity index (χ4v) is 8.47. The highest BCUT2D eigenvalue weighted by molar-refractivity contribution is 6.99. The highest BCUT2D eigenvalue weighted by Gasteiger charge is 2.50. The zero-order valence-corrected chi connectivity index (χ0v) is 18.5. The molecule has 0 N–H and O–H groups in total. The molecule has 4 nitrogen and oxygen atoms in total. The van der Waals surface area contributed by atoms with Gasteiger partial charge in [0.15, 0.2) is 0 Å². The van der Waals surface area contributed by atoms with Crippen LogP contribution in [0.5, 0.6) is 0 Å². The monoisotopic (exact) mass is 425 g/mol. The fraction of sp³-hybridized carbons (Fsp3) is 0.217. The second-order valence-electron chi connectivity index (χ2n) is 7.98. The van der Waals surface area contributed by atoms with Crippen molar-refractivity contribution < 1.29 is 9.35 Å². The average Bonchev–Trinajstić information content (AvgIpc) is 2.70. The van der Waals surface area contributed by atoms with Crippen molar-refractivity contribution in [3.8, 4) is 0 Å². The molecule has 0 aliphatic rings. The van der Waals surface area contributed by atoms with Crippen molar-refractivity contribution in [2.24, 2.45) is 0 Å². The summed E-state index contributed by atoms with van der Waals surface area (Å²) >= 11 is 6.34. The Labute approximate surface area is 177 Å². The van der Waals surface area contributed by atoms with E-state index in [0.29, 0.717) is 5.02 Å². The number of rotatable bonds is 6. The Morgan fingerprint density at radius 3 is 1.86 bits per heavy atom. The van der Waals surface area contributed by atoms with Crippen LogP contribution in [0.25, 0.3) is 0 Å². The van der Waals surface area contributed by atoms with E-state index in [2.05, 4.69) is 45.0 Å². The zero-order chi connectivity index (χ0) is 21.1. The van der Waals surface area contributed by atoms with Crippen molar-refractivity contribution in [1.29, 1.82) is 0 Å². The summed E-state index contributed by atoms with van der Waals surface area (Å²) in [5.41, 5.74) is 0.717. The van der Waals surface area contributed by atoms with Gasteiger partial charge in [0.1, 0.15) is 0 Å². The number of hydrogen-bond donors (Lipinski definition) is 0. The SMILES string of the molecule is CC(C)(C)[Si](OCc1ccc([N+](=O)[O-])cc1Cl)(c1ccccc1)c1ccccc1. The Bertz CT molecular complexity index is 949. The molecule has 6 heteroatoms. The predicted octanol–water partition coefficient (Wildman–Crippen LogP) is 5.32. The Hall–Kier alpha value is -2.47. The number of nitrogens with zero attached hydrogens (tertiary/aromatic N) is 1. The van der Waals surface area contributed by atoms with Crippen LogP contribution < -0.4 is 10.4 Å². The molecule has 0 spiro atoms. The molecule has 0 bridgehead atoms. The first-order valence-corrected chi connectivity index (χ1v) is 11.7. The van der Waals surface area contributed by atoms with Crippen LogP contribution in [0, 0.1) is 10.1 Å². The molecule has 0 aliphatic heterocycles. The first kappa shape index (κ1) is 21.2. The molecule has 0 aliphatic carbocycles. The lowest BCUT2D eigenvalue weighted by Crippen LogP contribution is -2.66. The minimum absolute atomic E-state index is 0.0239.